The normalized spacial score (nSPS) is 18.9. The lowest BCUT2D eigenvalue weighted by atomic mass is 10.0. The van der Waals surface area contributed by atoms with Crippen molar-refractivity contribution in [1.29, 1.82) is 0 Å². The van der Waals surface area contributed by atoms with Crippen molar-refractivity contribution >= 4 is 35.1 Å². The molecule has 0 bridgehead atoms. The molecule has 1 aliphatic heterocycles. The van der Waals surface area contributed by atoms with Gasteiger partial charge in [-0.2, -0.15) is 18.3 Å². The molecule has 1 fully saturated rings. The second kappa shape index (κ2) is 9.92. The van der Waals surface area contributed by atoms with Gasteiger partial charge < -0.3 is 15.5 Å². The first kappa shape index (κ1) is 25.3. The van der Waals surface area contributed by atoms with Crippen LogP contribution in [0, 0.1) is 11.6 Å². The van der Waals surface area contributed by atoms with Crippen LogP contribution in [0.4, 0.5) is 27.6 Å². The highest BCUT2D eigenvalue weighted by Gasteiger charge is 2.36. The Labute approximate surface area is 198 Å². The molecular weight excluding hydrogens is 477 g/mol. The van der Waals surface area contributed by atoms with Crippen LogP contribution in [0.1, 0.15) is 35.3 Å². The van der Waals surface area contributed by atoms with Crippen molar-refractivity contribution in [3.63, 3.8) is 0 Å². The minimum Gasteiger partial charge on any atom is -0.375 e. The number of nitrogens with one attached hydrogen (secondary N) is 1. The maximum Gasteiger partial charge on any atom is 0.416 e. The third-order valence-electron chi connectivity index (χ3n) is 5.38. The van der Waals surface area contributed by atoms with Crippen LogP contribution in [0.15, 0.2) is 41.5 Å². The summed E-state index contributed by atoms with van der Waals surface area (Å²) in [6, 6.07) is 5.26. The summed E-state index contributed by atoms with van der Waals surface area (Å²) >= 11 is 4.58. The number of thiocarbonyl (C=S) groups is 1. The number of carbonyl (C=O) groups is 1. The first-order chi connectivity index (χ1) is 15.9. The second-order valence-corrected chi connectivity index (χ2v) is 8.39. The molecular formula is C22H22F5N5OS. The predicted octanol–water partition coefficient (Wildman–Crippen LogP) is 3.89. The lowest BCUT2D eigenvalue weighted by molar-refractivity contribution is -0.137. The average Bonchev–Trinajstić information content (AvgIpc) is 2.74. The van der Waals surface area contributed by atoms with Gasteiger partial charge in [-0.25, -0.2) is 8.78 Å². The van der Waals surface area contributed by atoms with E-state index in [2.05, 4.69) is 22.7 Å². The number of amides is 1. The summed E-state index contributed by atoms with van der Waals surface area (Å²) in [6.07, 6.45) is -3.53. The van der Waals surface area contributed by atoms with Crippen LogP contribution in [0.25, 0.3) is 0 Å². The fraction of sp³-hybridized carbons (Fsp3) is 0.318. The second-order valence-electron chi connectivity index (χ2n) is 7.95. The van der Waals surface area contributed by atoms with E-state index in [0.717, 1.165) is 30.5 Å². The van der Waals surface area contributed by atoms with E-state index in [1.807, 2.05) is 0 Å². The van der Waals surface area contributed by atoms with Crippen LogP contribution < -0.4 is 16.1 Å². The van der Waals surface area contributed by atoms with Gasteiger partial charge in [0.1, 0.15) is 11.6 Å². The Bertz CT molecular complexity index is 1110. The molecule has 0 saturated carbocycles. The molecule has 2 aromatic carbocycles. The number of hydrazone groups is 1. The largest absolute Gasteiger partial charge is 0.416 e. The molecule has 0 aliphatic carbocycles. The monoisotopic (exact) mass is 499 g/mol. The average molecular weight is 500 g/mol. The van der Waals surface area contributed by atoms with Gasteiger partial charge in [0.15, 0.2) is 5.11 Å². The zero-order valence-electron chi connectivity index (χ0n) is 18.2. The van der Waals surface area contributed by atoms with Crippen molar-refractivity contribution in [2.45, 2.75) is 32.1 Å². The first-order valence-corrected chi connectivity index (χ1v) is 10.6. The van der Waals surface area contributed by atoms with Gasteiger partial charge in [-0.3, -0.25) is 10.2 Å². The molecule has 12 heteroatoms. The third-order valence-corrected chi connectivity index (χ3v) is 5.47. The fourth-order valence-electron chi connectivity index (χ4n) is 3.96. The van der Waals surface area contributed by atoms with Gasteiger partial charge in [0.2, 0.25) is 0 Å². The number of carbonyl (C=O) groups excluding carboxylic acids is 1. The molecule has 2 atom stereocenters. The minimum absolute atomic E-state index is 0.00169. The maximum absolute atomic E-state index is 14.8. The molecule has 1 heterocycles. The van der Waals surface area contributed by atoms with Crippen LogP contribution >= 0.6 is 12.2 Å². The Morgan fingerprint density at radius 2 is 1.79 bits per heavy atom. The lowest BCUT2D eigenvalue weighted by Gasteiger charge is -2.45. The molecule has 0 spiro atoms. The molecule has 182 valence electrons. The van der Waals surface area contributed by atoms with E-state index >= 15 is 0 Å². The molecule has 3 N–H and O–H groups in total. The van der Waals surface area contributed by atoms with Gasteiger partial charge in [0.05, 0.1) is 17.5 Å². The molecule has 0 aromatic heterocycles. The van der Waals surface area contributed by atoms with E-state index < -0.39 is 41.4 Å². The number of benzene rings is 2. The number of hydrogen-bond acceptors (Lipinski definition) is 4. The van der Waals surface area contributed by atoms with Crippen LogP contribution in [-0.2, 0) is 6.18 Å². The smallest absolute Gasteiger partial charge is 0.375 e. The van der Waals surface area contributed by atoms with E-state index in [1.165, 1.54) is 17.0 Å². The zero-order valence-corrected chi connectivity index (χ0v) is 19.1. The highest BCUT2D eigenvalue weighted by Crippen LogP contribution is 2.31. The minimum atomic E-state index is -4.57. The highest BCUT2D eigenvalue weighted by atomic mass is 32.1. The lowest BCUT2D eigenvalue weighted by Crippen LogP contribution is -2.59. The summed E-state index contributed by atoms with van der Waals surface area (Å²) in [5, 5.41) is 3.48. The molecule has 0 unspecified atom stereocenters. The van der Waals surface area contributed by atoms with Crippen molar-refractivity contribution < 1.29 is 26.7 Å². The van der Waals surface area contributed by atoms with Crippen molar-refractivity contribution in [2.24, 2.45) is 10.8 Å². The number of anilines is 1. The molecule has 0 radical (unpaired) electrons. The number of halogens is 5. The Morgan fingerprint density at radius 3 is 2.38 bits per heavy atom. The van der Waals surface area contributed by atoms with Crippen molar-refractivity contribution in [3.05, 3.63) is 64.7 Å². The van der Waals surface area contributed by atoms with Gasteiger partial charge in [-0.15, -0.1) is 0 Å². The predicted molar refractivity (Wildman–Crippen MR) is 123 cm³/mol. The Hall–Kier alpha value is -3.28. The molecule has 1 saturated heterocycles. The summed E-state index contributed by atoms with van der Waals surface area (Å²) in [6.45, 7) is 3.71. The van der Waals surface area contributed by atoms with E-state index in [1.54, 1.807) is 18.7 Å². The number of alkyl halides is 3. The van der Waals surface area contributed by atoms with Crippen molar-refractivity contribution in [3.8, 4) is 0 Å². The number of rotatable bonds is 4. The summed E-state index contributed by atoms with van der Waals surface area (Å²) in [5.74, 6) is -1.99. The zero-order chi connectivity index (χ0) is 25.2. The van der Waals surface area contributed by atoms with Crippen molar-refractivity contribution in [2.75, 3.05) is 18.0 Å². The van der Waals surface area contributed by atoms with E-state index in [4.69, 9.17) is 5.73 Å². The summed E-state index contributed by atoms with van der Waals surface area (Å²) in [4.78, 5) is 16.1. The summed E-state index contributed by atoms with van der Waals surface area (Å²) in [5.41, 5.74) is 6.35. The topological polar surface area (TPSA) is 74.0 Å². The number of nitrogens with zero attached hydrogens (tertiary/aromatic N) is 3. The Balaban J connectivity index is 1.80. The van der Waals surface area contributed by atoms with E-state index in [9.17, 15) is 26.7 Å². The molecule has 3 rings (SSSR count). The van der Waals surface area contributed by atoms with E-state index in [0.29, 0.717) is 0 Å². The van der Waals surface area contributed by atoms with Crippen LogP contribution in [0.5, 0.6) is 0 Å². The first-order valence-electron chi connectivity index (χ1n) is 10.2. The van der Waals surface area contributed by atoms with Gasteiger partial charge in [0.25, 0.3) is 5.91 Å². The fourth-order valence-corrected chi connectivity index (χ4v) is 4.01. The quantitative estimate of drug-likeness (QED) is 0.289. The molecule has 6 nitrogen and oxygen atoms in total. The molecule has 34 heavy (non-hydrogen) atoms. The van der Waals surface area contributed by atoms with Gasteiger partial charge in [-0.1, -0.05) is 6.07 Å². The summed E-state index contributed by atoms with van der Waals surface area (Å²) < 4.78 is 68.5. The standard InChI is InChI=1S/C22H22F5N5OS/c1-12-10-31(19-8-17(23)15(7-18(19)24)9-29-30-21(28)34)11-13(2)32(12)20(33)14-4-3-5-16(6-14)22(25,26)27/h3-9,12-13H,10-11H2,1-2H3,(H3,28,30,34)/b29-9+/t12-,13+. The third kappa shape index (κ3) is 5.61. The molecule has 1 aliphatic rings. The highest BCUT2D eigenvalue weighted by molar-refractivity contribution is 7.80. The van der Waals surface area contributed by atoms with Crippen molar-refractivity contribution in [1.82, 2.24) is 10.3 Å². The SMILES string of the molecule is C[C@@H]1CN(c2cc(F)c(/C=N/NC(N)=S)cc2F)C[C@H](C)N1C(=O)c1cccc(C(F)(F)F)c1. The number of nitrogens with two attached hydrogens (primary N) is 1. The molecule has 2 aromatic rings. The van der Waals surface area contributed by atoms with Gasteiger partial charge in [-0.05, 0) is 50.3 Å². The Morgan fingerprint density at radius 1 is 1.15 bits per heavy atom. The number of piperazine rings is 1. The van der Waals surface area contributed by atoms with Crippen LogP contribution in [0.2, 0.25) is 0 Å². The maximum atomic E-state index is 14.8. The summed E-state index contributed by atoms with van der Waals surface area (Å²) in [7, 11) is 0. The van der Waals surface area contributed by atoms with Crippen LogP contribution in [0.3, 0.4) is 0 Å². The van der Waals surface area contributed by atoms with Crippen LogP contribution in [-0.4, -0.2) is 47.3 Å². The van der Waals surface area contributed by atoms with Gasteiger partial charge >= 0.3 is 6.18 Å². The molecule has 1 amide bonds. The Kier molecular flexibility index (Phi) is 7.39. The number of hydrogen-bond donors (Lipinski definition) is 2. The van der Waals surface area contributed by atoms with E-state index in [-0.39, 0.29) is 35.0 Å². The van der Waals surface area contributed by atoms with Gasteiger partial charge in [0, 0.05) is 42.4 Å².